The molecule has 3 rings (SSSR count). The van der Waals surface area contributed by atoms with Crippen LogP contribution in [0.3, 0.4) is 0 Å². The maximum Gasteiger partial charge on any atom is 0.305 e. The molecule has 1 N–H and O–H groups in total. The minimum Gasteiger partial charge on any atom is -0.469 e. The molecule has 8 heteroatoms. The van der Waals surface area contributed by atoms with Crippen molar-refractivity contribution in [3.63, 3.8) is 0 Å². The number of benzene rings is 1. The average molecular weight is 416 g/mol. The summed E-state index contributed by atoms with van der Waals surface area (Å²) in [5.74, 6) is -0.102. The van der Waals surface area contributed by atoms with E-state index in [1.807, 2.05) is 0 Å². The van der Waals surface area contributed by atoms with E-state index in [-0.39, 0.29) is 17.6 Å². The van der Waals surface area contributed by atoms with Gasteiger partial charge in [-0.1, -0.05) is 41.6 Å². The van der Waals surface area contributed by atoms with Crippen LogP contribution in [0.1, 0.15) is 18.4 Å². The van der Waals surface area contributed by atoms with E-state index in [9.17, 15) is 9.59 Å². The summed E-state index contributed by atoms with van der Waals surface area (Å²) in [7, 11) is 1.36. The summed E-state index contributed by atoms with van der Waals surface area (Å²) in [5, 5.41) is 6.69. The third kappa shape index (κ3) is 5.08. The highest BCUT2D eigenvalue weighted by Crippen LogP contribution is 2.37. The highest BCUT2D eigenvalue weighted by Gasteiger charge is 2.14. The number of aromatic nitrogens is 2. The van der Waals surface area contributed by atoms with Crippen molar-refractivity contribution in [3.8, 4) is 11.1 Å². The molecule has 6 nitrogen and oxygen atoms in total. The molecule has 0 fully saturated rings. The number of ether oxygens (including phenoxy) is 1. The first-order valence-corrected chi connectivity index (χ1v) is 10.7. The zero-order valence-corrected chi connectivity index (χ0v) is 17.4. The maximum absolute atomic E-state index is 12.1. The molecule has 0 atom stereocenters. The van der Waals surface area contributed by atoms with Crippen LogP contribution in [0.5, 0.6) is 0 Å². The van der Waals surface area contributed by atoms with Crippen LogP contribution in [0.4, 0.5) is 0 Å². The number of thiophene rings is 1. The number of hydrogen-bond acceptors (Lipinski definition) is 7. The van der Waals surface area contributed by atoms with E-state index >= 15 is 0 Å². The van der Waals surface area contributed by atoms with Crippen LogP contribution in [0.2, 0.25) is 0 Å². The molecule has 1 aromatic carbocycles. The number of rotatable bonds is 8. The summed E-state index contributed by atoms with van der Waals surface area (Å²) in [6.45, 7) is 2.50. The second-order valence-corrected chi connectivity index (χ2v) is 8.01. The first-order chi connectivity index (χ1) is 13.6. The van der Waals surface area contributed by atoms with Gasteiger partial charge in [0.25, 0.3) is 0 Å². The monoisotopic (exact) mass is 415 g/mol. The number of thioether (sulfide) groups is 1. The van der Waals surface area contributed by atoms with Gasteiger partial charge < -0.3 is 10.1 Å². The van der Waals surface area contributed by atoms with Crippen molar-refractivity contribution in [1.82, 2.24) is 15.3 Å². The Morgan fingerprint density at radius 1 is 1.21 bits per heavy atom. The number of aryl methyl sites for hydroxylation is 1. The summed E-state index contributed by atoms with van der Waals surface area (Å²) in [4.78, 5) is 32.9. The number of carbonyl (C=O) groups is 2. The van der Waals surface area contributed by atoms with Gasteiger partial charge in [0.05, 0.1) is 18.2 Å². The molecule has 146 valence electrons. The lowest BCUT2D eigenvalue weighted by atomic mass is 10.1. The Morgan fingerprint density at radius 3 is 2.75 bits per heavy atom. The van der Waals surface area contributed by atoms with Crippen molar-refractivity contribution in [2.75, 3.05) is 19.4 Å². The highest BCUT2D eigenvalue weighted by atomic mass is 32.2. The quantitative estimate of drug-likeness (QED) is 0.261. The molecule has 0 spiro atoms. The molecule has 0 aliphatic rings. The maximum atomic E-state index is 12.1. The Bertz CT molecular complexity index is 970. The number of carbonyl (C=O) groups excluding carboxylic acids is 2. The van der Waals surface area contributed by atoms with Gasteiger partial charge in [0, 0.05) is 23.9 Å². The molecule has 0 bridgehead atoms. The fourth-order valence-corrected chi connectivity index (χ4v) is 4.47. The van der Waals surface area contributed by atoms with Gasteiger partial charge in [-0.2, -0.15) is 0 Å². The molecule has 0 aliphatic carbocycles. The highest BCUT2D eigenvalue weighted by molar-refractivity contribution is 8.00. The zero-order chi connectivity index (χ0) is 19.9. The van der Waals surface area contributed by atoms with E-state index in [1.54, 1.807) is 11.3 Å². The van der Waals surface area contributed by atoms with Crippen LogP contribution in [-0.4, -0.2) is 41.3 Å². The first kappa shape index (κ1) is 20.3. The van der Waals surface area contributed by atoms with Gasteiger partial charge in [0.2, 0.25) is 5.91 Å². The Balaban J connectivity index is 1.66. The predicted molar refractivity (Wildman–Crippen MR) is 113 cm³/mol. The predicted octanol–water partition coefficient (Wildman–Crippen LogP) is 3.83. The SMILES string of the molecule is COC(=O)CCCNC(=O)CSc1ncnc2scc(-c3ccc(C)cc3)c12. The lowest BCUT2D eigenvalue weighted by Gasteiger charge is -2.07. The van der Waals surface area contributed by atoms with Crippen molar-refractivity contribution >= 4 is 45.2 Å². The molecule has 2 aromatic heterocycles. The van der Waals surface area contributed by atoms with E-state index in [0.29, 0.717) is 19.4 Å². The summed E-state index contributed by atoms with van der Waals surface area (Å²) < 4.78 is 4.58. The molecule has 2 heterocycles. The van der Waals surface area contributed by atoms with Gasteiger partial charge in [-0.3, -0.25) is 9.59 Å². The van der Waals surface area contributed by atoms with Crippen molar-refractivity contribution < 1.29 is 14.3 Å². The van der Waals surface area contributed by atoms with Crippen molar-refractivity contribution in [1.29, 1.82) is 0 Å². The van der Waals surface area contributed by atoms with E-state index in [4.69, 9.17) is 0 Å². The van der Waals surface area contributed by atoms with Gasteiger partial charge >= 0.3 is 5.97 Å². The van der Waals surface area contributed by atoms with Crippen molar-refractivity contribution in [3.05, 3.63) is 41.5 Å². The number of nitrogens with zero attached hydrogens (tertiary/aromatic N) is 2. The first-order valence-electron chi connectivity index (χ1n) is 8.84. The number of methoxy groups -OCH3 is 1. The van der Waals surface area contributed by atoms with Gasteiger partial charge in [0.15, 0.2) is 0 Å². The fourth-order valence-electron chi connectivity index (χ4n) is 2.65. The zero-order valence-electron chi connectivity index (χ0n) is 15.7. The lowest BCUT2D eigenvalue weighted by Crippen LogP contribution is -2.26. The second-order valence-electron chi connectivity index (χ2n) is 6.19. The van der Waals surface area contributed by atoms with Gasteiger partial charge in [-0.15, -0.1) is 11.3 Å². The second kappa shape index (κ2) is 9.66. The van der Waals surface area contributed by atoms with E-state index in [0.717, 1.165) is 26.4 Å². The van der Waals surface area contributed by atoms with E-state index < -0.39 is 0 Å². The number of hydrogen-bond donors (Lipinski definition) is 1. The van der Waals surface area contributed by atoms with E-state index in [2.05, 4.69) is 56.6 Å². The normalized spacial score (nSPS) is 10.8. The van der Waals surface area contributed by atoms with Crippen LogP contribution in [0.15, 0.2) is 41.0 Å². The third-order valence-electron chi connectivity index (χ3n) is 4.15. The molecule has 0 saturated heterocycles. The number of esters is 1. The Morgan fingerprint density at radius 2 is 2.00 bits per heavy atom. The van der Waals surface area contributed by atoms with Crippen LogP contribution in [0, 0.1) is 6.92 Å². The molecule has 28 heavy (non-hydrogen) atoms. The largest absolute Gasteiger partial charge is 0.469 e. The Hall–Kier alpha value is -2.45. The number of amides is 1. The van der Waals surface area contributed by atoms with Gasteiger partial charge in [-0.25, -0.2) is 9.97 Å². The molecule has 0 aliphatic heterocycles. The lowest BCUT2D eigenvalue weighted by molar-refractivity contribution is -0.140. The smallest absolute Gasteiger partial charge is 0.305 e. The molecular formula is C20H21N3O3S2. The molecular weight excluding hydrogens is 394 g/mol. The molecule has 0 radical (unpaired) electrons. The Labute approximate surface area is 171 Å². The standard InChI is InChI=1S/C20H21N3O3S2/c1-13-5-7-14(8-6-13)15-10-27-19-18(15)20(23-12-22-19)28-11-16(24)21-9-3-4-17(25)26-2/h5-8,10,12H,3-4,9,11H2,1-2H3,(H,21,24). The number of nitrogens with one attached hydrogen (secondary N) is 1. The minimum atomic E-state index is -0.270. The average Bonchev–Trinajstić information content (AvgIpc) is 3.14. The third-order valence-corrected chi connectivity index (χ3v) is 6.02. The molecule has 3 aromatic rings. The van der Waals surface area contributed by atoms with Crippen LogP contribution in [-0.2, 0) is 14.3 Å². The van der Waals surface area contributed by atoms with E-state index in [1.165, 1.54) is 30.8 Å². The van der Waals surface area contributed by atoms with Crippen LogP contribution in [0.25, 0.3) is 21.3 Å². The van der Waals surface area contributed by atoms with Crippen molar-refractivity contribution in [2.45, 2.75) is 24.8 Å². The van der Waals surface area contributed by atoms with Crippen molar-refractivity contribution in [2.24, 2.45) is 0 Å². The Kier molecular flexibility index (Phi) is 7.00. The van der Waals surface area contributed by atoms with Gasteiger partial charge in [-0.05, 0) is 18.9 Å². The minimum absolute atomic E-state index is 0.0891. The summed E-state index contributed by atoms with van der Waals surface area (Å²) in [5.41, 5.74) is 3.40. The fraction of sp³-hybridized carbons (Fsp3) is 0.300. The molecule has 0 saturated carbocycles. The van der Waals surface area contributed by atoms with Crippen LogP contribution >= 0.6 is 23.1 Å². The summed E-state index contributed by atoms with van der Waals surface area (Å²) in [6, 6.07) is 8.34. The summed E-state index contributed by atoms with van der Waals surface area (Å²) in [6.07, 6.45) is 2.39. The molecule has 0 unspecified atom stereocenters. The number of fused-ring (bicyclic) bond motifs is 1. The van der Waals surface area contributed by atoms with Crippen LogP contribution < -0.4 is 5.32 Å². The molecule has 1 amide bonds. The summed E-state index contributed by atoms with van der Waals surface area (Å²) >= 11 is 2.97. The topological polar surface area (TPSA) is 81.2 Å². The van der Waals surface area contributed by atoms with Gasteiger partial charge in [0.1, 0.15) is 16.2 Å².